The van der Waals surface area contributed by atoms with Crippen molar-refractivity contribution in [2.45, 2.75) is 19.2 Å². The summed E-state index contributed by atoms with van der Waals surface area (Å²) in [6.45, 7) is 0.198. The SMILES string of the molecule is O=[N+]([O-])c1cnn(CC(O)Cn2nnc(-c3ccccc3)n2)c1. The van der Waals surface area contributed by atoms with Crippen LogP contribution < -0.4 is 0 Å². The lowest BCUT2D eigenvalue weighted by Gasteiger charge is -2.08. The van der Waals surface area contributed by atoms with E-state index >= 15 is 0 Å². The molecule has 0 amide bonds. The van der Waals surface area contributed by atoms with Crippen LogP contribution in [-0.2, 0) is 13.1 Å². The molecule has 2 heterocycles. The van der Waals surface area contributed by atoms with Gasteiger partial charge in [0.05, 0.1) is 24.1 Å². The predicted molar refractivity (Wildman–Crippen MR) is 78.1 cm³/mol. The molecule has 0 spiro atoms. The summed E-state index contributed by atoms with van der Waals surface area (Å²) in [5.41, 5.74) is 0.707. The Bertz CT molecular complexity index is 799. The van der Waals surface area contributed by atoms with Crippen LogP contribution in [0.4, 0.5) is 5.69 Å². The fraction of sp³-hybridized carbons (Fsp3) is 0.231. The molecule has 2 aromatic heterocycles. The molecule has 3 aromatic rings. The van der Waals surface area contributed by atoms with Crippen molar-refractivity contribution in [3.63, 3.8) is 0 Å². The van der Waals surface area contributed by atoms with Gasteiger partial charge in [-0.1, -0.05) is 30.3 Å². The Balaban J connectivity index is 1.62. The molecule has 0 saturated carbocycles. The van der Waals surface area contributed by atoms with Crippen molar-refractivity contribution in [1.82, 2.24) is 30.0 Å². The Kier molecular flexibility index (Phi) is 4.06. The summed E-state index contributed by atoms with van der Waals surface area (Å²) in [5, 5.41) is 36.4. The van der Waals surface area contributed by atoms with Gasteiger partial charge in [0.1, 0.15) is 12.4 Å². The number of benzene rings is 1. The second-order valence-corrected chi connectivity index (χ2v) is 4.87. The number of tetrazole rings is 1. The average Bonchev–Trinajstić information content (AvgIpc) is 3.18. The molecule has 0 aliphatic rings. The second kappa shape index (κ2) is 6.32. The molecule has 1 atom stereocenters. The van der Waals surface area contributed by atoms with E-state index in [9.17, 15) is 15.2 Å². The summed E-state index contributed by atoms with van der Waals surface area (Å²) in [6, 6.07) is 9.35. The third kappa shape index (κ3) is 3.55. The number of nitrogens with zero attached hydrogens (tertiary/aromatic N) is 7. The largest absolute Gasteiger partial charge is 0.389 e. The predicted octanol–water partition coefficient (Wildman–Crippen LogP) is 0.506. The van der Waals surface area contributed by atoms with Crippen LogP contribution in [0.25, 0.3) is 11.4 Å². The monoisotopic (exact) mass is 315 g/mol. The first-order valence-electron chi connectivity index (χ1n) is 6.80. The molecule has 0 fully saturated rings. The van der Waals surface area contributed by atoms with Gasteiger partial charge < -0.3 is 5.11 Å². The van der Waals surface area contributed by atoms with Gasteiger partial charge in [-0.25, -0.2) is 0 Å². The van der Waals surface area contributed by atoms with Crippen molar-refractivity contribution in [3.8, 4) is 11.4 Å². The van der Waals surface area contributed by atoms with E-state index in [1.807, 2.05) is 30.3 Å². The molecule has 10 heteroatoms. The van der Waals surface area contributed by atoms with Gasteiger partial charge >= 0.3 is 5.69 Å². The molecule has 118 valence electrons. The van der Waals surface area contributed by atoms with E-state index in [0.29, 0.717) is 5.82 Å². The van der Waals surface area contributed by atoms with E-state index in [1.54, 1.807) is 0 Å². The highest BCUT2D eigenvalue weighted by Gasteiger charge is 2.14. The third-order valence-electron chi connectivity index (χ3n) is 3.09. The van der Waals surface area contributed by atoms with Crippen LogP contribution >= 0.6 is 0 Å². The molecule has 1 N–H and O–H groups in total. The van der Waals surface area contributed by atoms with Gasteiger partial charge in [0.15, 0.2) is 0 Å². The maximum Gasteiger partial charge on any atom is 0.306 e. The number of hydrogen-bond acceptors (Lipinski definition) is 7. The van der Waals surface area contributed by atoms with E-state index in [1.165, 1.54) is 15.7 Å². The number of nitro groups is 1. The normalized spacial score (nSPS) is 12.2. The molecular weight excluding hydrogens is 302 g/mol. The lowest BCUT2D eigenvalue weighted by Crippen LogP contribution is -2.23. The zero-order chi connectivity index (χ0) is 16.2. The zero-order valence-corrected chi connectivity index (χ0v) is 11.9. The number of aliphatic hydroxyl groups is 1. The standard InChI is InChI=1S/C13H13N7O3/c21-12(8-18-7-11(6-14-18)20(22)23)9-19-16-13(15-17-19)10-4-2-1-3-5-10/h1-7,12,21H,8-9H2. The minimum absolute atomic E-state index is 0.0933. The van der Waals surface area contributed by atoms with Crippen molar-refractivity contribution in [1.29, 1.82) is 0 Å². The Morgan fingerprint density at radius 1 is 1.26 bits per heavy atom. The lowest BCUT2D eigenvalue weighted by molar-refractivity contribution is -0.385. The molecule has 0 radical (unpaired) electrons. The number of hydrogen-bond donors (Lipinski definition) is 1. The van der Waals surface area contributed by atoms with Crippen molar-refractivity contribution in [2.24, 2.45) is 0 Å². The Morgan fingerprint density at radius 2 is 2.04 bits per heavy atom. The van der Waals surface area contributed by atoms with Crippen molar-refractivity contribution in [3.05, 3.63) is 52.8 Å². The van der Waals surface area contributed by atoms with E-state index in [0.717, 1.165) is 11.8 Å². The van der Waals surface area contributed by atoms with Gasteiger partial charge in [0.25, 0.3) is 0 Å². The van der Waals surface area contributed by atoms with Gasteiger partial charge in [-0.2, -0.15) is 9.90 Å². The van der Waals surface area contributed by atoms with E-state index in [2.05, 4.69) is 20.5 Å². The first kappa shape index (κ1) is 14.8. The molecular formula is C13H13N7O3. The van der Waals surface area contributed by atoms with Crippen LogP contribution in [0.1, 0.15) is 0 Å². The zero-order valence-electron chi connectivity index (χ0n) is 11.9. The molecule has 0 saturated heterocycles. The highest BCUT2D eigenvalue weighted by atomic mass is 16.6. The summed E-state index contributed by atoms with van der Waals surface area (Å²) in [7, 11) is 0. The highest BCUT2D eigenvalue weighted by Crippen LogP contribution is 2.12. The number of rotatable bonds is 6. The first-order valence-corrected chi connectivity index (χ1v) is 6.80. The van der Waals surface area contributed by atoms with Gasteiger partial charge in [-0.15, -0.1) is 10.2 Å². The van der Waals surface area contributed by atoms with Crippen LogP contribution in [0.3, 0.4) is 0 Å². The topological polar surface area (TPSA) is 125 Å². The summed E-state index contributed by atoms with van der Waals surface area (Å²) in [6.07, 6.45) is 1.54. The van der Waals surface area contributed by atoms with Crippen molar-refractivity contribution in [2.75, 3.05) is 0 Å². The van der Waals surface area contributed by atoms with E-state index in [4.69, 9.17) is 0 Å². The minimum atomic E-state index is -0.854. The molecule has 3 rings (SSSR count). The van der Waals surface area contributed by atoms with E-state index < -0.39 is 11.0 Å². The van der Waals surface area contributed by atoms with Crippen molar-refractivity contribution >= 4 is 5.69 Å². The van der Waals surface area contributed by atoms with E-state index in [-0.39, 0.29) is 18.8 Å². The second-order valence-electron chi connectivity index (χ2n) is 4.87. The Morgan fingerprint density at radius 3 is 2.74 bits per heavy atom. The molecule has 0 aliphatic carbocycles. The van der Waals surface area contributed by atoms with Gasteiger partial charge in [-0.3, -0.25) is 14.8 Å². The smallest absolute Gasteiger partial charge is 0.306 e. The fourth-order valence-electron chi connectivity index (χ4n) is 2.03. The highest BCUT2D eigenvalue weighted by molar-refractivity contribution is 5.52. The molecule has 1 aromatic carbocycles. The molecule has 1 unspecified atom stereocenters. The molecule has 0 aliphatic heterocycles. The molecule has 23 heavy (non-hydrogen) atoms. The maximum atomic E-state index is 10.6. The summed E-state index contributed by atoms with van der Waals surface area (Å²) >= 11 is 0. The minimum Gasteiger partial charge on any atom is -0.389 e. The quantitative estimate of drug-likeness (QED) is 0.519. The van der Waals surface area contributed by atoms with Gasteiger partial charge in [0.2, 0.25) is 5.82 Å². The Labute approximate surface area is 130 Å². The summed E-state index contributed by atoms with van der Waals surface area (Å²) < 4.78 is 1.30. The average molecular weight is 315 g/mol. The summed E-state index contributed by atoms with van der Waals surface area (Å²) in [4.78, 5) is 11.3. The van der Waals surface area contributed by atoms with Crippen LogP contribution in [0.5, 0.6) is 0 Å². The molecule has 10 nitrogen and oxygen atoms in total. The van der Waals surface area contributed by atoms with Crippen LogP contribution in [0, 0.1) is 10.1 Å². The van der Waals surface area contributed by atoms with Gasteiger partial charge in [0, 0.05) is 5.56 Å². The maximum absolute atomic E-state index is 10.6. The van der Waals surface area contributed by atoms with Crippen molar-refractivity contribution < 1.29 is 10.0 Å². The summed E-state index contributed by atoms with van der Waals surface area (Å²) in [5.74, 6) is 0.465. The molecule has 0 bridgehead atoms. The number of aromatic nitrogens is 6. The first-order chi connectivity index (χ1) is 11.1. The van der Waals surface area contributed by atoms with Crippen LogP contribution in [0.15, 0.2) is 42.7 Å². The Hall–Kier alpha value is -3.14. The lowest BCUT2D eigenvalue weighted by atomic mass is 10.2. The van der Waals surface area contributed by atoms with Crippen LogP contribution in [0.2, 0.25) is 0 Å². The third-order valence-corrected chi connectivity index (χ3v) is 3.09. The number of aliphatic hydroxyl groups excluding tert-OH is 1. The van der Waals surface area contributed by atoms with Crippen LogP contribution in [-0.4, -0.2) is 46.1 Å². The van der Waals surface area contributed by atoms with Gasteiger partial charge in [-0.05, 0) is 5.21 Å². The fourth-order valence-corrected chi connectivity index (χ4v) is 2.03.